The second kappa shape index (κ2) is 7.78. The van der Waals surface area contributed by atoms with E-state index in [1.807, 2.05) is 44.3 Å². The SMILES string of the molecule is C=Cc1cc(N(C)C)ccc1-c1ccc(C2(OC)CC(C(=O)O)N(C)C2)cc1. The number of nitrogens with zero attached hydrogens (tertiary/aromatic N) is 2. The number of likely N-dealkylation sites (tertiary alicyclic amines) is 1. The predicted molar refractivity (Wildman–Crippen MR) is 114 cm³/mol. The molecule has 1 aliphatic rings. The van der Waals surface area contributed by atoms with Crippen LogP contribution < -0.4 is 4.90 Å². The molecule has 5 heteroatoms. The van der Waals surface area contributed by atoms with Gasteiger partial charge in [-0.05, 0) is 41.4 Å². The van der Waals surface area contributed by atoms with Crippen molar-refractivity contribution in [3.8, 4) is 11.1 Å². The van der Waals surface area contributed by atoms with Gasteiger partial charge >= 0.3 is 5.97 Å². The number of methoxy groups -OCH3 is 1. The van der Waals surface area contributed by atoms with Crippen LogP contribution in [0.3, 0.4) is 0 Å². The van der Waals surface area contributed by atoms with Gasteiger partial charge in [0, 0.05) is 39.9 Å². The first-order valence-electron chi connectivity index (χ1n) is 9.34. The van der Waals surface area contributed by atoms with E-state index >= 15 is 0 Å². The molecule has 0 saturated carbocycles. The van der Waals surface area contributed by atoms with Crippen molar-refractivity contribution >= 4 is 17.7 Å². The lowest BCUT2D eigenvalue weighted by Crippen LogP contribution is -2.33. The van der Waals surface area contributed by atoms with E-state index in [0.29, 0.717) is 13.0 Å². The molecule has 2 aromatic carbocycles. The molecule has 0 bridgehead atoms. The first kappa shape index (κ1) is 20.1. The summed E-state index contributed by atoms with van der Waals surface area (Å²) < 4.78 is 5.84. The van der Waals surface area contributed by atoms with Crippen LogP contribution in [0.5, 0.6) is 0 Å². The van der Waals surface area contributed by atoms with Gasteiger partial charge in [-0.1, -0.05) is 43.0 Å². The zero-order valence-electron chi connectivity index (χ0n) is 17.0. The molecule has 0 aromatic heterocycles. The predicted octanol–water partition coefficient (Wildman–Crippen LogP) is 3.69. The Hall–Kier alpha value is -2.63. The Morgan fingerprint density at radius 3 is 2.46 bits per heavy atom. The topological polar surface area (TPSA) is 53.0 Å². The van der Waals surface area contributed by atoms with Crippen LogP contribution in [0.4, 0.5) is 5.69 Å². The molecule has 1 heterocycles. The minimum Gasteiger partial charge on any atom is -0.480 e. The number of carboxylic acids is 1. The minimum absolute atomic E-state index is 0.435. The van der Waals surface area contributed by atoms with Crippen molar-refractivity contribution in [3.05, 3.63) is 60.2 Å². The number of carbonyl (C=O) groups is 1. The standard InChI is InChI=1S/C23H28N2O3/c1-6-16-13-19(24(2)3)11-12-20(16)17-7-9-18(10-8-17)23(28-5)14-21(22(26)27)25(4)15-23/h6-13,21H,1,14-15H2,2-5H3,(H,26,27). The van der Waals surface area contributed by atoms with E-state index < -0.39 is 17.6 Å². The second-order valence-corrected chi connectivity index (χ2v) is 7.62. The van der Waals surface area contributed by atoms with E-state index in [1.54, 1.807) is 7.11 Å². The first-order valence-corrected chi connectivity index (χ1v) is 9.34. The van der Waals surface area contributed by atoms with Gasteiger partial charge in [-0.2, -0.15) is 0 Å². The maximum atomic E-state index is 11.5. The largest absolute Gasteiger partial charge is 0.480 e. The highest BCUT2D eigenvalue weighted by Crippen LogP contribution is 2.39. The summed E-state index contributed by atoms with van der Waals surface area (Å²) in [7, 11) is 7.52. The summed E-state index contributed by atoms with van der Waals surface area (Å²) in [5.41, 5.74) is 4.81. The number of ether oxygens (including phenoxy) is 1. The van der Waals surface area contributed by atoms with Crippen molar-refractivity contribution in [2.75, 3.05) is 39.7 Å². The Kier molecular flexibility index (Phi) is 5.59. The number of benzene rings is 2. The Labute approximate surface area is 166 Å². The van der Waals surface area contributed by atoms with Gasteiger partial charge in [0.2, 0.25) is 0 Å². The molecule has 0 radical (unpaired) electrons. The first-order chi connectivity index (χ1) is 13.3. The Bertz CT molecular complexity index is 876. The molecule has 1 saturated heterocycles. The van der Waals surface area contributed by atoms with Crippen LogP contribution in [0.2, 0.25) is 0 Å². The molecule has 2 atom stereocenters. The molecular formula is C23H28N2O3. The van der Waals surface area contributed by atoms with Gasteiger partial charge < -0.3 is 14.7 Å². The van der Waals surface area contributed by atoms with Crippen molar-refractivity contribution < 1.29 is 14.6 Å². The summed E-state index contributed by atoms with van der Waals surface area (Å²) in [6.07, 6.45) is 2.31. The number of hydrogen-bond acceptors (Lipinski definition) is 4. The molecular weight excluding hydrogens is 352 g/mol. The monoisotopic (exact) mass is 380 g/mol. The molecule has 0 spiro atoms. The van der Waals surface area contributed by atoms with Crippen molar-refractivity contribution in [3.63, 3.8) is 0 Å². The number of rotatable bonds is 6. The fourth-order valence-corrected chi connectivity index (χ4v) is 4.01. The highest BCUT2D eigenvalue weighted by molar-refractivity contribution is 5.78. The summed E-state index contributed by atoms with van der Waals surface area (Å²) in [6, 6.07) is 14.0. The second-order valence-electron chi connectivity index (χ2n) is 7.62. The number of carboxylic acid groups (broad SMARTS) is 1. The maximum Gasteiger partial charge on any atom is 0.321 e. The van der Waals surface area contributed by atoms with Crippen molar-refractivity contribution in [2.24, 2.45) is 0 Å². The fraction of sp³-hybridized carbons (Fsp3) is 0.348. The molecule has 28 heavy (non-hydrogen) atoms. The van der Waals surface area contributed by atoms with Gasteiger partial charge in [-0.25, -0.2) is 0 Å². The summed E-state index contributed by atoms with van der Waals surface area (Å²) in [5.74, 6) is -0.811. The highest BCUT2D eigenvalue weighted by atomic mass is 16.5. The molecule has 1 fully saturated rings. The summed E-state index contributed by atoms with van der Waals surface area (Å²) in [4.78, 5) is 15.4. The molecule has 1 aliphatic heterocycles. The quantitative estimate of drug-likeness (QED) is 0.828. The van der Waals surface area contributed by atoms with Gasteiger partial charge in [0.05, 0.1) is 0 Å². The smallest absolute Gasteiger partial charge is 0.321 e. The molecule has 2 unspecified atom stereocenters. The van der Waals surface area contributed by atoms with Crippen LogP contribution in [0.25, 0.3) is 17.2 Å². The van der Waals surface area contributed by atoms with Crippen molar-refractivity contribution in [2.45, 2.75) is 18.1 Å². The summed E-state index contributed by atoms with van der Waals surface area (Å²) >= 11 is 0. The molecule has 0 aliphatic carbocycles. The zero-order valence-corrected chi connectivity index (χ0v) is 17.0. The summed E-state index contributed by atoms with van der Waals surface area (Å²) in [6.45, 7) is 4.51. The van der Waals surface area contributed by atoms with E-state index in [0.717, 1.165) is 27.9 Å². The molecule has 5 nitrogen and oxygen atoms in total. The van der Waals surface area contributed by atoms with E-state index in [1.165, 1.54) is 0 Å². The molecule has 1 N–H and O–H groups in total. The third-order valence-corrected chi connectivity index (χ3v) is 5.73. The number of anilines is 1. The molecule has 2 aromatic rings. The Morgan fingerprint density at radius 1 is 1.29 bits per heavy atom. The minimum atomic E-state index is -0.811. The van der Waals surface area contributed by atoms with Crippen LogP contribution in [0, 0.1) is 0 Å². The van der Waals surface area contributed by atoms with E-state index in [-0.39, 0.29) is 0 Å². The highest BCUT2D eigenvalue weighted by Gasteiger charge is 2.47. The average molecular weight is 380 g/mol. The zero-order chi connectivity index (χ0) is 20.5. The number of aliphatic carboxylic acids is 1. The van der Waals surface area contributed by atoms with Gasteiger partial charge in [0.25, 0.3) is 0 Å². The maximum absolute atomic E-state index is 11.5. The molecule has 3 rings (SSSR count). The van der Waals surface area contributed by atoms with Crippen LogP contribution in [-0.2, 0) is 15.1 Å². The third kappa shape index (κ3) is 3.55. The lowest BCUT2D eigenvalue weighted by molar-refractivity contribution is -0.141. The Balaban J connectivity index is 1.94. The fourth-order valence-electron chi connectivity index (χ4n) is 4.01. The van der Waals surface area contributed by atoms with Gasteiger partial charge in [-0.15, -0.1) is 0 Å². The Morgan fingerprint density at radius 2 is 1.96 bits per heavy atom. The van der Waals surface area contributed by atoms with Gasteiger partial charge in [0.15, 0.2) is 0 Å². The van der Waals surface area contributed by atoms with E-state index in [9.17, 15) is 9.90 Å². The van der Waals surface area contributed by atoms with Gasteiger partial charge in [0.1, 0.15) is 11.6 Å². The normalized spacial score (nSPS) is 22.2. The van der Waals surface area contributed by atoms with E-state index in [4.69, 9.17) is 4.74 Å². The van der Waals surface area contributed by atoms with Crippen LogP contribution in [0.15, 0.2) is 49.0 Å². The lowest BCUT2D eigenvalue weighted by atomic mass is 9.89. The van der Waals surface area contributed by atoms with Crippen molar-refractivity contribution in [1.29, 1.82) is 0 Å². The summed E-state index contributed by atoms with van der Waals surface area (Å²) in [5, 5.41) is 9.46. The average Bonchev–Trinajstić information content (AvgIpc) is 3.05. The van der Waals surface area contributed by atoms with Gasteiger partial charge in [-0.3, -0.25) is 9.69 Å². The van der Waals surface area contributed by atoms with Crippen LogP contribution in [0.1, 0.15) is 17.5 Å². The number of hydrogen-bond donors (Lipinski definition) is 1. The van der Waals surface area contributed by atoms with Crippen LogP contribution >= 0.6 is 0 Å². The third-order valence-electron chi connectivity index (χ3n) is 5.73. The molecule has 148 valence electrons. The lowest BCUT2D eigenvalue weighted by Gasteiger charge is -2.28. The van der Waals surface area contributed by atoms with Crippen molar-refractivity contribution in [1.82, 2.24) is 4.90 Å². The molecule has 0 amide bonds. The van der Waals surface area contributed by atoms with Crippen LogP contribution in [-0.4, -0.2) is 56.8 Å². The van der Waals surface area contributed by atoms with E-state index in [2.05, 4.69) is 41.8 Å². The number of likely N-dealkylation sites (N-methyl/N-ethyl adjacent to an activating group) is 1.